The van der Waals surface area contributed by atoms with E-state index in [1.54, 1.807) is 0 Å². The molecule has 0 amide bonds. The summed E-state index contributed by atoms with van der Waals surface area (Å²) in [4.78, 5) is 0. The predicted octanol–water partition coefficient (Wildman–Crippen LogP) is 7.05. The highest BCUT2D eigenvalue weighted by Gasteiger charge is 2.28. The molecule has 0 aromatic heterocycles. The minimum absolute atomic E-state index is 0.175. The Bertz CT molecular complexity index is 625. The Morgan fingerprint density at radius 2 is 0.957 bits per heavy atom. The van der Waals surface area contributed by atoms with Crippen LogP contribution in [0.15, 0.2) is 40.5 Å². The highest BCUT2D eigenvalue weighted by molar-refractivity contribution is 5.55. The highest BCUT2D eigenvalue weighted by atomic mass is 14.3. The van der Waals surface area contributed by atoms with Gasteiger partial charge in [-0.3, -0.25) is 0 Å². The van der Waals surface area contributed by atoms with E-state index in [0.29, 0.717) is 5.92 Å². The Morgan fingerprint density at radius 3 is 1.26 bits per heavy atom. The summed E-state index contributed by atoms with van der Waals surface area (Å²) in [6, 6.07) is 7.30. The van der Waals surface area contributed by atoms with Gasteiger partial charge in [-0.2, -0.15) is 0 Å². The van der Waals surface area contributed by atoms with Crippen LogP contribution in [0.4, 0.5) is 0 Å². The first-order valence-electron chi connectivity index (χ1n) is 8.85. The van der Waals surface area contributed by atoms with Crippen molar-refractivity contribution in [1.82, 2.24) is 0 Å². The lowest BCUT2D eigenvalue weighted by Crippen LogP contribution is -2.18. The van der Waals surface area contributed by atoms with E-state index in [9.17, 15) is 0 Å². The Kier molecular flexibility index (Phi) is 4.43. The molecule has 0 saturated carbocycles. The summed E-state index contributed by atoms with van der Waals surface area (Å²) in [6.07, 6.45) is 0. The molecular weight excluding hydrogens is 276 g/mol. The van der Waals surface area contributed by atoms with Crippen molar-refractivity contribution in [3.05, 3.63) is 57.2 Å². The third-order valence-electron chi connectivity index (χ3n) is 5.63. The van der Waals surface area contributed by atoms with Gasteiger partial charge >= 0.3 is 0 Å². The second kappa shape index (κ2) is 5.65. The molecular formula is C23H34. The van der Waals surface area contributed by atoms with Crippen molar-refractivity contribution in [2.75, 3.05) is 0 Å². The molecule has 0 N–H and O–H groups in total. The molecule has 0 heterocycles. The SMILES string of the molecule is CC1=C(C)C(c2cc(C(C)(C)C)cc(C(C)(C)C)c2)C(C)=C1C. The molecule has 0 nitrogen and oxygen atoms in total. The fraction of sp³-hybridized carbons (Fsp3) is 0.565. The molecule has 0 fully saturated rings. The quantitative estimate of drug-likeness (QED) is 0.521. The van der Waals surface area contributed by atoms with Crippen molar-refractivity contribution in [2.45, 2.75) is 86.0 Å². The first-order valence-corrected chi connectivity index (χ1v) is 8.85. The molecule has 2 rings (SSSR count). The molecule has 0 unspecified atom stereocenters. The second-order valence-electron chi connectivity index (χ2n) is 9.39. The van der Waals surface area contributed by atoms with Crippen LogP contribution in [-0.4, -0.2) is 0 Å². The fourth-order valence-corrected chi connectivity index (χ4v) is 3.53. The van der Waals surface area contributed by atoms with E-state index >= 15 is 0 Å². The molecule has 0 aliphatic heterocycles. The minimum atomic E-state index is 0.175. The monoisotopic (exact) mass is 310 g/mol. The van der Waals surface area contributed by atoms with Gasteiger partial charge in [-0.15, -0.1) is 0 Å². The third kappa shape index (κ3) is 3.32. The number of hydrogen-bond donors (Lipinski definition) is 0. The van der Waals surface area contributed by atoms with Crippen LogP contribution in [0, 0.1) is 0 Å². The fourth-order valence-electron chi connectivity index (χ4n) is 3.53. The average Bonchev–Trinajstić information content (AvgIpc) is 2.60. The Balaban J connectivity index is 2.69. The maximum Gasteiger partial charge on any atom is 0.0264 e. The first-order chi connectivity index (χ1) is 10.3. The van der Waals surface area contributed by atoms with Crippen LogP contribution < -0.4 is 0 Å². The maximum atomic E-state index is 2.44. The summed E-state index contributed by atoms with van der Waals surface area (Å²) in [5, 5.41) is 0. The zero-order chi connectivity index (χ0) is 17.7. The van der Waals surface area contributed by atoms with Crippen LogP contribution in [0.25, 0.3) is 0 Å². The molecule has 1 aliphatic rings. The average molecular weight is 311 g/mol. The van der Waals surface area contributed by atoms with Crippen LogP contribution >= 0.6 is 0 Å². The number of rotatable bonds is 1. The van der Waals surface area contributed by atoms with Crippen LogP contribution in [0.1, 0.15) is 91.8 Å². The minimum Gasteiger partial charge on any atom is -0.0585 e. The van der Waals surface area contributed by atoms with Crippen molar-refractivity contribution >= 4 is 0 Å². The first kappa shape index (κ1) is 18.0. The zero-order valence-corrected chi connectivity index (χ0v) is 16.8. The van der Waals surface area contributed by atoms with Crippen molar-refractivity contribution in [3.8, 4) is 0 Å². The van der Waals surface area contributed by atoms with E-state index in [-0.39, 0.29) is 10.8 Å². The molecule has 23 heavy (non-hydrogen) atoms. The van der Waals surface area contributed by atoms with Gasteiger partial charge in [0.1, 0.15) is 0 Å². The molecule has 1 aromatic rings. The Labute approximate surface area is 143 Å². The largest absolute Gasteiger partial charge is 0.0585 e. The summed E-state index contributed by atoms with van der Waals surface area (Å²) in [5.41, 5.74) is 10.7. The molecule has 1 aromatic carbocycles. The lowest BCUT2D eigenvalue weighted by atomic mass is 9.76. The second-order valence-corrected chi connectivity index (χ2v) is 9.39. The van der Waals surface area contributed by atoms with E-state index in [1.165, 1.54) is 39.0 Å². The van der Waals surface area contributed by atoms with Crippen molar-refractivity contribution in [3.63, 3.8) is 0 Å². The van der Waals surface area contributed by atoms with Gasteiger partial charge in [0.05, 0.1) is 0 Å². The van der Waals surface area contributed by atoms with Gasteiger partial charge in [0.15, 0.2) is 0 Å². The highest BCUT2D eigenvalue weighted by Crippen LogP contribution is 2.44. The number of allylic oxidation sites excluding steroid dienone is 4. The van der Waals surface area contributed by atoms with E-state index < -0.39 is 0 Å². The Hall–Kier alpha value is -1.30. The van der Waals surface area contributed by atoms with Crippen LogP contribution in [0.5, 0.6) is 0 Å². The van der Waals surface area contributed by atoms with Crippen molar-refractivity contribution in [1.29, 1.82) is 0 Å². The summed E-state index contributed by atoms with van der Waals surface area (Å²) < 4.78 is 0. The Morgan fingerprint density at radius 1 is 0.609 bits per heavy atom. The van der Waals surface area contributed by atoms with E-state index in [0.717, 1.165) is 0 Å². The molecule has 0 atom stereocenters. The normalized spacial score (nSPS) is 17.5. The van der Waals surface area contributed by atoms with Gasteiger partial charge < -0.3 is 0 Å². The van der Waals surface area contributed by atoms with Crippen LogP contribution in [0.3, 0.4) is 0 Å². The van der Waals surface area contributed by atoms with Gasteiger partial charge in [0.25, 0.3) is 0 Å². The van der Waals surface area contributed by atoms with Crippen LogP contribution in [-0.2, 0) is 10.8 Å². The zero-order valence-electron chi connectivity index (χ0n) is 16.8. The summed E-state index contributed by atoms with van der Waals surface area (Å²) in [5.74, 6) is 0.457. The van der Waals surface area contributed by atoms with Gasteiger partial charge in [0.2, 0.25) is 0 Å². The maximum absolute atomic E-state index is 2.44. The standard InChI is InChI=1S/C23H34/c1-14-15(2)17(4)21(16(14)3)18-11-19(22(5,6)7)13-20(12-18)23(8,9)10/h11-13,21H,1-10H3. The number of hydrogen-bond acceptors (Lipinski definition) is 0. The van der Waals surface area contributed by atoms with E-state index in [2.05, 4.69) is 87.4 Å². The van der Waals surface area contributed by atoms with Crippen molar-refractivity contribution < 1.29 is 0 Å². The lowest BCUT2D eigenvalue weighted by Gasteiger charge is -2.28. The van der Waals surface area contributed by atoms with Gasteiger partial charge in [-0.1, -0.05) is 70.9 Å². The van der Waals surface area contributed by atoms with Crippen LogP contribution in [0.2, 0.25) is 0 Å². The predicted molar refractivity (Wildman–Crippen MR) is 103 cm³/mol. The molecule has 0 heteroatoms. The van der Waals surface area contributed by atoms with E-state index in [4.69, 9.17) is 0 Å². The molecule has 0 spiro atoms. The van der Waals surface area contributed by atoms with Gasteiger partial charge in [-0.05, 0) is 66.4 Å². The van der Waals surface area contributed by atoms with E-state index in [1.807, 2.05) is 0 Å². The molecule has 126 valence electrons. The van der Waals surface area contributed by atoms with Crippen molar-refractivity contribution in [2.24, 2.45) is 0 Å². The van der Waals surface area contributed by atoms with Gasteiger partial charge in [-0.25, -0.2) is 0 Å². The number of benzene rings is 1. The summed E-state index contributed by atoms with van der Waals surface area (Å²) >= 11 is 0. The molecule has 0 radical (unpaired) electrons. The summed E-state index contributed by atoms with van der Waals surface area (Å²) in [6.45, 7) is 23.0. The lowest BCUT2D eigenvalue weighted by molar-refractivity contribution is 0.566. The topological polar surface area (TPSA) is 0 Å². The molecule has 0 bridgehead atoms. The molecule has 1 aliphatic carbocycles. The smallest absolute Gasteiger partial charge is 0.0264 e. The molecule has 0 saturated heterocycles. The van der Waals surface area contributed by atoms with Gasteiger partial charge in [0, 0.05) is 5.92 Å². The third-order valence-corrected chi connectivity index (χ3v) is 5.63. The summed E-state index contributed by atoms with van der Waals surface area (Å²) in [7, 11) is 0.